The Kier molecular flexibility index (Phi) is 4.26. The molecule has 0 fully saturated rings. The molecule has 0 spiro atoms. The van der Waals surface area contributed by atoms with Crippen molar-refractivity contribution >= 4 is 33.2 Å². The fourth-order valence-corrected chi connectivity index (χ4v) is 3.17. The molecule has 3 rings (SSSR count). The Morgan fingerprint density at radius 3 is 2.70 bits per heavy atom. The van der Waals surface area contributed by atoms with Crippen LogP contribution in [-0.4, -0.2) is 19.2 Å². The second-order valence-corrected chi connectivity index (χ2v) is 5.80. The predicted molar refractivity (Wildman–Crippen MR) is 92.7 cm³/mol. The van der Waals surface area contributed by atoms with Gasteiger partial charge in [0.2, 0.25) is 0 Å². The lowest BCUT2D eigenvalue weighted by molar-refractivity contribution is 0.402. The number of methoxy groups -OCH3 is 2. The van der Waals surface area contributed by atoms with Gasteiger partial charge in [-0.1, -0.05) is 12.1 Å². The Morgan fingerprint density at radius 2 is 2.00 bits per heavy atom. The summed E-state index contributed by atoms with van der Waals surface area (Å²) >= 11 is 1.50. The number of fused-ring (bicyclic) bond motifs is 1. The van der Waals surface area contributed by atoms with Crippen LogP contribution >= 0.6 is 11.3 Å². The normalized spacial score (nSPS) is 11.3. The van der Waals surface area contributed by atoms with E-state index >= 15 is 0 Å². The van der Waals surface area contributed by atoms with Crippen molar-refractivity contribution in [2.45, 2.75) is 0 Å². The van der Waals surface area contributed by atoms with Crippen molar-refractivity contribution in [3.63, 3.8) is 0 Å². The van der Waals surface area contributed by atoms with Gasteiger partial charge in [0.05, 0.1) is 30.0 Å². The van der Waals surface area contributed by atoms with Crippen molar-refractivity contribution in [3.8, 4) is 17.6 Å². The van der Waals surface area contributed by atoms with Crippen LogP contribution in [0.3, 0.4) is 0 Å². The molecule has 0 aliphatic carbocycles. The molecule has 0 unspecified atom stereocenters. The summed E-state index contributed by atoms with van der Waals surface area (Å²) in [6.45, 7) is 0. The minimum atomic E-state index is 0.498. The second-order valence-electron chi connectivity index (χ2n) is 4.76. The Balaban J connectivity index is 2.10. The average Bonchev–Trinajstić information content (AvgIpc) is 3.03. The number of nitriles is 1. The highest BCUT2D eigenvalue weighted by atomic mass is 32.1. The van der Waals surface area contributed by atoms with Gasteiger partial charge in [-0.25, -0.2) is 4.98 Å². The predicted octanol–water partition coefficient (Wildman–Crippen LogP) is 4.38. The zero-order chi connectivity index (χ0) is 16.2. The number of hydrogen-bond donors (Lipinski definition) is 0. The average molecular weight is 322 g/mol. The van der Waals surface area contributed by atoms with Crippen molar-refractivity contribution in [2.75, 3.05) is 14.2 Å². The summed E-state index contributed by atoms with van der Waals surface area (Å²) in [4.78, 5) is 4.53. The van der Waals surface area contributed by atoms with Gasteiger partial charge in [-0.15, -0.1) is 11.3 Å². The molecule has 0 saturated heterocycles. The maximum atomic E-state index is 9.53. The molecule has 1 heterocycles. The molecular weight excluding hydrogens is 308 g/mol. The lowest BCUT2D eigenvalue weighted by Crippen LogP contribution is -1.90. The maximum absolute atomic E-state index is 9.53. The van der Waals surface area contributed by atoms with Gasteiger partial charge < -0.3 is 9.47 Å². The Hall–Kier alpha value is -2.84. The van der Waals surface area contributed by atoms with E-state index in [0.717, 1.165) is 15.8 Å². The summed E-state index contributed by atoms with van der Waals surface area (Å²) in [6.07, 6.45) is 1.78. The first-order valence-corrected chi connectivity index (χ1v) is 7.76. The third-order valence-corrected chi connectivity index (χ3v) is 4.45. The van der Waals surface area contributed by atoms with Gasteiger partial charge in [0, 0.05) is 5.56 Å². The van der Waals surface area contributed by atoms with Gasteiger partial charge in [-0.05, 0) is 36.4 Å². The molecule has 0 saturated carbocycles. The van der Waals surface area contributed by atoms with Crippen molar-refractivity contribution in [1.29, 1.82) is 5.26 Å². The summed E-state index contributed by atoms with van der Waals surface area (Å²) in [6, 6.07) is 15.5. The number of ether oxygens (including phenoxy) is 2. The first-order valence-electron chi connectivity index (χ1n) is 6.95. The molecule has 23 heavy (non-hydrogen) atoms. The monoisotopic (exact) mass is 322 g/mol. The molecule has 0 aliphatic heterocycles. The standard InChI is InChI=1S/C18H14N2O2S/c1-21-14-7-8-16(22-2)12(10-14)9-13(11-19)18-20-15-5-3-4-6-17(15)23-18/h3-10H,1-2H3. The Bertz CT molecular complexity index is 889. The van der Waals surface area contributed by atoms with E-state index in [1.54, 1.807) is 20.3 Å². The second kappa shape index (κ2) is 6.51. The van der Waals surface area contributed by atoms with E-state index < -0.39 is 0 Å². The van der Waals surface area contributed by atoms with Crippen LogP contribution in [0.2, 0.25) is 0 Å². The molecule has 2 aromatic carbocycles. The number of benzene rings is 2. The van der Waals surface area contributed by atoms with Crippen LogP contribution in [0.1, 0.15) is 10.6 Å². The van der Waals surface area contributed by atoms with E-state index in [2.05, 4.69) is 11.1 Å². The number of hydrogen-bond acceptors (Lipinski definition) is 5. The zero-order valence-corrected chi connectivity index (χ0v) is 13.6. The van der Waals surface area contributed by atoms with Crippen LogP contribution in [0.4, 0.5) is 0 Å². The SMILES string of the molecule is COc1ccc(OC)c(C=C(C#N)c2nc3ccccc3s2)c1. The Labute approximate surface area is 138 Å². The molecule has 114 valence electrons. The first-order chi connectivity index (χ1) is 11.2. The highest BCUT2D eigenvalue weighted by Gasteiger charge is 2.10. The van der Waals surface area contributed by atoms with E-state index in [4.69, 9.17) is 9.47 Å². The quantitative estimate of drug-likeness (QED) is 0.669. The maximum Gasteiger partial charge on any atom is 0.135 e. The van der Waals surface area contributed by atoms with Gasteiger partial charge >= 0.3 is 0 Å². The minimum Gasteiger partial charge on any atom is -0.497 e. The highest BCUT2D eigenvalue weighted by Crippen LogP contribution is 2.31. The van der Waals surface area contributed by atoms with Gasteiger partial charge in [-0.3, -0.25) is 0 Å². The number of thiazole rings is 1. The molecule has 1 aromatic heterocycles. The minimum absolute atomic E-state index is 0.498. The Morgan fingerprint density at radius 1 is 1.17 bits per heavy atom. The van der Waals surface area contributed by atoms with E-state index in [9.17, 15) is 5.26 Å². The molecule has 0 aliphatic rings. The van der Waals surface area contributed by atoms with E-state index in [0.29, 0.717) is 22.1 Å². The smallest absolute Gasteiger partial charge is 0.135 e. The van der Waals surface area contributed by atoms with Gasteiger partial charge in [0.25, 0.3) is 0 Å². The molecule has 0 radical (unpaired) electrons. The summed E-state index contributed by atoms with van der Waals surface area (Å²) in [7, 11) is 3.21. The molecule has 4 nitrogen and oxygen atoms in total. The van der Waals surface area contributed by atoms with Gasteiger partial charge in [0.1, 0.15) is 22.6 Å². The topological polar surface area (TPSA) is 55.1 Å². The van der Waals surface area contributed by atoms with Crippen LogP contribution in [0.25, 0.3) is 21.9 Å². The molecule has 0 N–H and O–H groups in total. The van der Waals surface area contributed by atoms with E-state index in [-0.39, 0.29) is 0 Å². The zero-order valence-electron chi connectivity index (χ0n) is 12.7. The number of aromatic nitrogens is 1. The first kappa shape index (κ1) is 15.1. The third-order valence-electron chi connectivity index (χ3n) is 3.38. The van der Waals surface area contributed by atoms with E-state index in [1.807, 2.05) is 42.5 Å². The van der Waals surface area contributed by atoms with Crippen LogP contribution < -0.4 is 9.47 Å². The molecule has 3 aromatic rings. The summed E-state index contributed by atoms with van der Waals surface area (Å²) in [5.41, 5.74) is 2.17. The molecule has 0 amide bonds. The number of allylic oxidation sites excluding steroid dienone is 1. The van der Waals surface area contributed by atoms with Crippen LogP contribution in [-0.2, 0) is 0 Å². The third kappa shape index (κ3) is 3.03. The lowest BCUT2D eigenvalue weighted by Gasteiger charge is -2.07. The largest absolute Gasteiger partial charge is 0.497 e. The van der Waals surface area contributed by atoms with Crippen LogP contribution in [0.15, 0.2) is 42.5 Å². The fraction of sp³-hybridized carbons (Fsp3) is 0.111. The van der Waals surface area contributed by atoms with Crippen LogP contribution in [0, 0.1) is 11.3 Å². The molecule has 0 bridgehead atoms. The summed E-state index contributed by atoms with van der Waals surface area (Å²) in [5.74, 6) is 1.39. The molecule has 0 atom stereocenters. The molecular formula is C18H14N2O2S. The number of rotatable bonds is 4. The number of nitrogens with zero attached hydrogens (tertiary/aromatic N) is 2. The number of para-hydroxylation sites is 1. The van der Waals surface area contributed by atoms with Crippen molar-refractivity contribution < 1.29 is 9.47 Å². The lowest BCUT2D eigenvalue weighted by atomic mass is 10.1. The summed E-state index contributed by atoms with van der Waals surface area (Å²) in [5, 5.41) is 10.2. The molecule has 5 heteroatoms. The van der Waals surface area contributed by atoms with E-state index in [1.165, 1.54) is 11.3 Å². The van der Waals surface area contributed by atoms with Gasteiger partial charge in [-0.2, -0.15) is 5.26 Å². The summed E-state index contributed by atoms with van der Waals surface area (Å²) < 4.78 is 11.7. The van der Waals surface area contributed by atoms with Crippen molar-refractivity contribution in [2.24, 2.45) is 0 Å². The fourth-order valence-electron chi connectivity index (χ4n) is 2.24. The highest BCUT2D eigenvalue weighted by molar-refractivity contribution is 7.19. The van der Waals surface area contributed by atoms with Crippen LogP contribution in [0.5, 0.6) is 11.5 Å². The van der Waals surface area contributed by atoms with Crippen molar-refractivity contribution in [1.82, 2.24) is 4.98 Å². The van der Waals surface area contributed by atoms with Crippen molar-refractivity contribution in [3.05, 3.63) is 53.0 Å². The van der Waals surface area contributed by atoms with Gasteiger partial charge in [0.15, 0.2) is 0 Å².